The largest absolute Gasteiger partial charge is 0.395 e. The van der Waals surface area contributed by atoms with E-state index in [4.69, 9.17) is 5.11 Å². The first-order valence-electron chi connectivity index (χ1n) is 4.99. The minimum absolute atomic E-state index is 0.0474. The molecule has 1 rings (SSSR count). The van der Waals surface area contributed by atoms with Gasteiger partial charge in [-0.15, -0.1) is 10.2 Å². The van der Waals surface area contributed by atoms with E-state index in [0.717, 1.165) is 0 Å². The number of nitrogens with one attached hydrogen (secondary N) is 1. The summed E-state index contributed by atoms with van der Waals surface area (Å²) in [4.78, 5) is 12.7. The van der Waals surface area contributed by atoms with E-state index < -0.39 is 18.2 Å². The standard InChI is InChI=1S/C9H16N4O3S/c1-9(2,4-14)6-11-12-8(17-6)13(3)7(16)10-5-15/h14-15H,4-5H2,1-3H3,(H,10,16). The topological polar surface area (TPSA) is 98.6 Å². The number of urea groups is 1. The molecule has 3 N–H and O–H groups in total. The van der Waals surface area contributed by atoms with E-state index >= 15 is 0 Å². The van der Waals surface area contributed by atoms with Gasteiger partial charge in [0.2, 0.25) is 5.13 Å². The number of nitrogens with zero attached hydrogens (tertiary/aromatic N) is 3. The Morgan fingerprint density at radius 1 is 1.47 bits per heavy atom. The minimum atomic E-state index is -0.482. The molecule has 1 aromatic heterocycles. The highest BCUT2D eigenvalue weighted by Crippen LogP contribution is 2.29. The van der Waals surface area contributed by atoms with Crippen LogP contribution in [0.2, 0.25) is 0 Å². The van der Waals surface area contributed by atoms with Crippen molar-refractivity contribution in [2.45, 2.75) is 19.3 Å². The van der Waals surface area contributed by atoms with Gasteiger partial charge in [0, 0.05) is 12.5 Å². The second-order valence-electron chi connectivity index (χ2n) is 4.13. The Labute approximate surface area is 103 Å². The number of hydrogen-bond acceptors (Lipinski definition) is 6. The second-order valence-corrected chi connectivity index (χ2v) is 5.09. The number of aliphatic hydroxyl groups is 2. The molecule has 0 saturated heterocycles. The summed E-state index contributed by atoms with van der Waals surface area (Å²) in [7, 11) is 1.53. The van der Waals surface area contributed by atoms with Gasteiger partial charge in [0.15, 0.2) is 0 Å². The summed E-state index contributed by atoms with van der Waals surface area (Å²) in [6.07, 6.45) is 0. The number of aromatic nitrogens is 2. The van der Waals surface area contributed by atoms with Crippen molar-refractivity contribution >= 4 is 22.5 Å². The summed E-state index contributed by atoms with van der Waals surface area (Å²) in [6, 6.07) is -0.461. The summed E-state index contributed by atoms with van der Waals surface area (Å²) in [5.41, 5.74) is -0.482. The quantitative estimate of drug-likeness (QED) is 0.657. The number of amides is 2. The highest BCUT2D eigenvalue weighted by molar-refractivity contribution is 7.15. The van der Waals surface area contributed by atoms with E-state index in [1.165, 1.54) is 23.3 Å². The molecule has 2 amide bonds. The zero-order valence-corrected chi connectivity index (χ0v) is 10.8. The molecular weight excluding hydrogens is 244 g/mol. The Hall–Kier alpha value is -1.25. The van der Waals surface area contributed by atoms with Crippen molar-refractivity contribution in [3.63, 3.8) is 0 Å². The van der Waals surface area contributed by atoms with Gasteiger partial charge in [0.05, 0.1) is 6.61 Å². The Balaban J connectivity index is 2.84. The van der Waals surface area contributed by atoms with E-state index in [1.54, 1.807) is 0 Å². The van der Waals surface area contributed by atoms with Crippen LogP contribution in [-0.2, 0) is 5.41 Å². The number of anilines is 1. The van der Waals surface area contributed by atoms with Crippen molar-refractivity contribution in [2.24, 2.45) is 0 Å². The Kier molecular flexibility index (Phi) is 4.38. The van der Waals surface area contributed by atoms with Gasteiger partial charge in [-0.25, -0.2) is 4.79 Å². The predicted molar refractivity (Wildman–Crippen MR) is 64.0 cm³/mol. The van der Waals surface area contributed by atoms with Crippen molar-refractivity contribution in [1.29, 1.82) is 0 Å². The molecule has 0 aliphatic rings. The van der Waals surface area contributed by atoms with Crippen molar-refractivity contribution < 1.29 is 15.0 Å². The van der Waals surface area contributed by atoms with Gasteiger partial charge in [-0.3, -0.25) is 4.90 Å². The molecule has 0 spiro atoms. The Morgan fingerprint density at radius 2 is 2.12 bits per heavy atom. The van der Waals surface area contributed by atoms with Gasteiger partial charge in [0.25, 0.3) is 0 Å². The van der Waals surface area contributed by atoms with Crippen LogP contribution in [0.5, 0.6) is 0 Å². The maximum atomic E-state index is 11.4. The monoisotopic (exact) mass is 260 g/mol. The fraction of sp³-hybridized carbons (Fsp3) is 0.667. The molecule has 7 nitrogen and oxygen atoms in total. The molecule has 0 atom stereocenters. The molecule has 1 heterocycles. The highest BCUT2D eigenvalue weighted by atomic mass is 32.1. The fourth-order valence-electron chi connectivity index (χ4n) is 0.965. The summed E-state index contributed by atoms with van der Waals surface area (Å²) in [6.45, 7) is 3.20. The van der Waals surface area contributed by atoms with Gasteiger partial charge in [-0.2, -0.15) is 0 Å². The zero-order chi connectivity index (χ0) is 13.1. The molecule has 0 aromatic carbocycles. The van der Waals surface area contributed by atoms with Crippen molar-refractivity contribution in [3.8, 4) is 0 Å². The molecule has 1 aromatic rings. The number of hydrogen-bond donors (Lipinski definition) is 3. The van der Waals surface area contributed by atoms with Crippen molar-refractivity contribution in [3.05, 3.63) is 5.01 Å². The first-order valence-corrected chi connectivity index (χ1v) is 5.81. The van der Waals surface area contributed by atoms with Crippen LogP contribution >= 0.6 is 11.3 Å². The molecule has 0 bridgehead atoms. The molecule has 0 unspecified atom stereocenters. The van der Waals surface area contributed by atoms with E-state index in [9.17, 15) is 9.90 Å². The SMILES string of the molecule is CN(C(=O)NCO)c1nnc(C(C)(C)CO)s1. The molecule has 0 aliphatic heterocycles. The van der Waals surface area contributed by atoms with Gasteiger partial charge in [0.1, 0.15) is 11.7 Å². The lowest BCUT2D eigenvalue weighted by Crippen LogP contribution is -2.37. The maximum absolute atomic E-state index is 11.4. The lowest BCUT2D eigenvalue weighted by molar-refractivity contribution is 0.217. The molecule has 0 aliphatic carbocycles. The first kappa shape index (κ1) is 13.8. The van der Waals surface area contributed by atoms with Gasteiger partial charge in [-0.1, -0.05) is 25.2 Å². The van der Waals surface area contributed by atoms with Crippen LogP contribution in [0.4, 0.5) is 9.93 Å². The lowest BCUT2D eigenvalue weighted by atomic mass is 9.96. The summed E-state index contributed by atoms with van der Waals surface area (Å²) >= 11 is 1.23. The van der Waals surface area contributed by atoms with Crippen LogP contribution in [0.1, 0.15) is 18.9 Å². The van der Waals surface area contributed by atoms with E-state index in [1.807, 2.05) is 13.8 Å². The third-order valence-electron chi connectivity index (χ3n) is 2.21. The van der Waals surface area contributed by atoms with E-state index in [-0.39, 0.29) is 6.61 Å². The lowest BCUT2D eigenvalue weighted by Gasteiger charge is -2.17. The van der Waals surface area contributed by atoms with E-state index in [0.29, 0.717) is 10.1 Å². The summed E-state index contributed by atoms with van der Waals surface area (Å²) in [5.74, 6) is 0. The van der Waals surface area contributed by atoms with Crippen LogP contribution in [0.15, 0.2) is 0 Å². The molecule has 0 fully saturated rings. The Bertz CT molecular complexity index is 393. The average Bonchev–Trinajstić information content (AvgIpc) is 2.78. The third-order valence-corrected chi connectivity index (χ3v) is 3.58. The number of aliphatic hydroxyl groups excluding tert-OH is 2. The van der Waals surface area contributed by atoms with Gasteiger partial charge in [-0.05, 0) is 0 Å². The van der Waals surface area contributed by atoms with Crippen LogP contribution in [0, 0.1) is 0 Å². The highest BCUT2D eigenvalue weighted by Gasteiger charge is 2.26. The van der Waals surface area contributed by atoms with Crippen LogP contribution < -0.4 is 10.2 Å². The van der Waals surface area contributed by atoms with Crippen LogP contribution in [-0.4, -0.2) is 46.8 Å². The first-order chi connectivity index (χ1) is 7.92. The zero-order valence-electron chi connectivity index (χ0n) is 9.97. The van der Waals surface area contributed by atoms with Gasteiger partial charge >= 0.3 is 6.03 Å². The molecule has 8 heteroatoms. The minimum Gasteiger partial charge on any atom is -0.395 e. The Morgan fingerprint density at radius 3 is 2.65 bits per heavy atom. The third kappa shape index (κ3) is 3.11. The second kappa shape index (κ2) is 5.39. The molecule has 0 radical (unpaired) electrons. The smallest absolute Gasteiger partial charge is 0.325 e. The number of carbonyl (C=O) groups is 1. The maximum Gasteiger partial charge on any atom is 0.325 e. The predicted octanol–water partition coefficient (Wildman–Crippen LogP) is -0.0964. The molecule has 17 heavy (non-hydrogen) atoms. The van der Waals surface area contributed by atoms with Crippen LogP contribution in [0.3, 0.4) is 0 Å². The van der Waals surface area contributed by atoms with Crippen molar-refractivity contribution in [1.82, 2.24) is 15.5 Å². The fourth-order valence-corrected chi connectivity index (χ4v) is 1.86. The van der Waals surface area contributed by atoms with Crippen molar-refractivity contribution in [2.75, 3.05) is 25.3 Å². The van der Waals surface area contributed by atoms with Crippen LogP contribution in [0.25, 0.3) is 0 Å². The molecule has 0 saturated carbocycles. The van der Waals surface area contributed by atoms with E-state index in [2.05, 4.69) is 15.5 Å². The molecule has 96 valence electrons. The number of carbonyl (C=O) groups excluding carboxylic acids is 1. The van der Waals surface area contributed by atoms with Gasteiger partial charge < -0.3 is 15.5 Å². The number of rotatable bonds is 4. The summed E-state index contributed by atoms with van der Waals surface area (Å²) in [5, 5.41) is 28.9. The summed E-state index contributed by atoms with van der Waals surface area (Å²) < 4.78 is 0. The average molecular weight is 260 g/mol. The molecular formula is C9H16N4O3S. The normalized spacial score (nSPS) is 11.4.